The van der Waals surface area contributed by atoms with Crippen LogP contribution in [-0.4, -0.2) is 16.1 Å². The molecule has 0 fully saturated rings. The first kappa shape index (κ1) is 19.2. The van der Waals surface area contributed by atoms with Gasteiger partial charge in [-0.25, -0.2) is 4.79 Å². The quantitative estimate of drug-likeness (QED) is 0.246. The van der Waals surface area contributed by atoms with Crippen LogP contribution < -0.4 is 24.1 Å². The molecule has 0 unspecified atom stereocenters. The van der Waals surface area contributed by atoms with E-state index >= 15 is 0 Å². The second kappa shape index (κ2) is 12.6. The second-order valence-corrected chi connectivity index (χ2v) is 1.69. The molecule has 0 aromatic carbocycles. The van der Waals surface area contributed by atoms with Crippen LogP contribution >= 0.6 is 0 Å². The summed E-state index contributed by atoms with van der Waals surface area (Å²) in [5.41, 5.74) is 0.269. The first-order valence-corrected chi connectivity index (χ1v) is 2.97. The minimum absolute atomic E-state index is 0. The van der Waals surface area contributed by atoms with Gasteiger partial charge < -0.3 is 15.4 Å². The number of hydrogen-bond donors (Lipinski definition) is 1. The Morgan fingerprint density at radius 3 is 2.07 bits per heavy atom. The average molecular weight is 208 g/mol. The molecule has 0 aliphatic heterocycles. The van der Waals surface area contributed by atoms with E-state index in [1.807, 2.05) is 0 Å². The molecular weight excluding hydrogens is 199 g/mol. The van der Waals surface area contributed by atoms with Crippen molar-refractivity contribution in [1.82, 2.24) is 4.98 Å². The molecule has 0 bridgehead atoms. The fourth-order valence-corrected chi connectivity index (χ4v) is 0.494. The molecule has 1 heterocycles. The smallest absolute Gasteiger partial charge is 0.635 e. The van der Waals surface area contributed by atoms with Crippen LogP contribution in [0.3, 0.4) is 0 Å². The Morgan fingerprint density at radius 1 is 1.47 bits per heavy atom. The van der Waals surface area contributed by atoms with E-state index in [4.69, 9.17) is 15.3 Å². The van der Waals surface area contributed by atoms with E-state index in [1.165, 1.54) is 29.9 Å². The van der Waals surface area contributed by atoms with Crippen molar-refractivity contribution in [2.24, 2.45) is 5.34 Å². The van der Waals surface area contributed by atoms with Crippen molar-refractivity contribution in [3.63, 3.8) is 0 Å². The molecule has 7 nitrogen and oxygen atoms in total. The molecule has 1 aromatic heterocycles. The van der Waals surface area contributed by atoms with Gasteiger partial charge in [0.05, 0.1) is 5.56 Å². The Balaban J connectivity index is -0.000000213. The largest absolute Gasteiger partial charge is 1.00 e. The zero-order chi connectivity index (χ0) is 10.1. The number of rotatable bonds is 2. The van der Waals surface area contributed by atoms with Crippen molar-refractivity contribution in [2.75, 3.05) is 0 Å². The van der Waals surface area contributed by atoms with Gasteiger partial charge in [-0.05, 0) is 12.1 Å². The Hall–Kier alpha value is -1.42. The van der Waals surface area contributed by atoms with Crippen molar-refractivity contribution in [3.05, 3.63) is 35.0 Å². The Labute approximate surface area is 98.1 Å². The summed E-state index contributed by atoms with van der Waals surface area (Å²) in [6, 6.07) is 2.89. The van der Waals surface area contributed by atoms with Crippen LogP contribution in [0, 0.1) is 4.91 Å². The van der Waals surface area contributed by atoms with E-state index in [0.717, 1.165) is 0 Å². The molecule has 0 atom stereocenters. The minimum Gasteiger partial charge on any atom is -0.635 e. The predicted molar refractivity (Wildman–Crippen MR) is 44.8 cm³/mol. The molecular formula is C7H9LiN2O5. The SMILES string of the molecule is C.O=C(O)c1ccncc1.O=NO[O-].[Li+]. The van der Waals surface area contributed by atoms with Crippen LogP contribution in [0.1, 0.15) is 17.8 Å². The number of aromatic nitrogens is 1. The van der Waals surface area contributed by atoms with Gasteiger partial charge in [-0.15, -0.1) is 4.91 Å². The van der Waals surface area contributed by atoms with Gasteiger partial charge in [0.25, 0.3) is 0 Å². The molecule has 1 N–H and O–H groups in total. The standard InChI is InChI=1S/C6H5NO2.CH4.Li.HNO3/c8-6(9)5-1-3-7-4-2-5;;;2-1-4-3/h1-4H,(H,8,9);1H4;;3H/q;;+1;/p-1. The molecule has 1 rings (SSSR count). The molecule has 0 radical (unpaired) electrons. The first-order chi connectivity index (χ1) is 6.22. The molecule has 0 saturated carbocycles. The third-order valence-corrected chi connectivity index (χ3v) is 0.958. The molecule has 78 valence electrons. The summed E-state index contributed by atoms with van der Waals surface area (Å²) < 4.78 is 0. The van der Waals surface area contributed by atoms with Gasteiger partial charge >= 0.3 is 24.8 Å². The monoisotopic (exact) mass is 208 g/mol. The van der Waals surface area contributed by atoms with Crippen LogP contribution in [0.5, 0.6) is 0 Å². The molecule has 0 saturated heterocycles. The van der Waals surface area contributed by atoms with E-state index in [1.54, 1.807) is 0 Å². The fraction of sp³-hybridized carbons (Fsp3) is 0.143. The zero-order valence-electron chi connectivity index (χ0n) is 7.28. The maximum atomic E-state index is 10.2. The van der Waals surface area contributed by atoms with E-state index in [-0.39, 0.29) is 31.9 Å². The molecule has 1 aromatic rings. The maximum absolute atomic E-state index is 10.2. The van der Waals surface area contributed by atoms with Gasteiger partial charge in [-0.3, -0.25) is 4.98 Å². The predicted octanol–water partition coefficient (Wildman–Crippen LogP) is -2.62. The van der Waals surface area contributed by atoms with Gasteiger partial charge in [0.15, 0.2) is 0 Å². The van der Waals surface area contributed by atoms with Gasteiger partial charge in [0.2, 0.25) is 0 Å². The van der Waals surface area contributed by atoms with Crippen LogP contribution in [-0.2, 0) is 4.99 Å². The first-order valence-electron chi connectivity index (χ1n) is 2.97. The van der Waals surface area contributed by atoms with Crippen LogP contribution in [0.4, 0.5) is 0 Å². The Bertz CT molecular complexity index is 269. The Kier molecular flexibility index (Phi) is 16.1. The number of carbonyl (C=O) groups is 1. The summed E-state index contributed by atoms with van der Waals surface area (Å²) in [6.07, 6.45) is 2.90. The summed E-state index contributed by atoms with van der Waals surface area (Å²) in [5, 5.41) is 18.1. The van der Waals surface area contributed by atoms with Crippen molar-refractivity contribution in [2.45, 2.75) is 7.43 Å². The minimum atomic E-state index is -0.919. The third-order valence-electron chi connectivity index (χ3n) is 0.958. The molecule has 15 heavy (non-hydrogen) atoms. The van der Waals surface area contributed by atoms with Crippen molar-refractivity contribution in [3.8, 4) is 0 Å². The van der Waals surface area contributed by atoms with Crippen molar-refractivity contribution >= 4 is 5.97 Å². The van der Waals surface area contributed by atoms with Gasteiger partial charge in [0.1, 0.15) is 5.34 Å². The van der Waals surface area contributed by atoms with Gasteiger partial charge in [-0.1, -0.05) is 7.43 Å². The number of pyridine rings is 1. The third kappa shape index (κ3) is 10.5. The molecule has 0 aliphatic rings. The number of hydrogen-bond acceptors (Lipinski definition) is 6. The Morgan fingerprint density at radius 2 is 1.87 bits per heavy atom. The number of nitrogens with zero attached hydrogens (tertiary/aromatic N) is 2. The molecule has 8 heteroatoms. The van der Waals surface area contributed by atoms with Crippen molar-refractivity contribution < 1.29 is 39.0 Å². The number of carboxylic acids is 1. The molecule has 0 spiro atoms. The average Bonchev–Trinajstić information content (AvgIpc) is 2.19. The van der Waals surface area contributed by atoms with E-state index in [0.29, 0.717) is 0 Å². The zero-order valence-corrected chi connectivity index (χ0v) is 7.28. The second-order valence-electron chi connectivity index (χ2n) is 1.69. The summed E-state index contributed by atoms with van der Waals surface area (Å²) >= 11 is 0. The maximum Gasteiger partial charge on any atom is 1.00 e. The summed E-state index contributed by atoms with van der Waals surface area (Å²) in [4.78, 5) is 24.6. The molecule has 0 aliphatic carbocycles. The number of aromatic carboxylic acids is 1. The van der Waals surface area contributed by atoms with Crippen molar-refractivity contribution in [1.29, 1.82) is 0 Å². The summed E-state index contributed by atoms with van der Waals surface area (Å²) in [5.74, 6) is -0.919. The summed E-state index contributed by atoms with van der Waals surface area (Å²) in [6.45, 7) is 0. The fourth-order valence-electron chi connectivity index (χ4n) is 0.494. The van der Waals surface area contributed by atoms with Gasteiger partial charge in [-0.2, -0.15) is 0 Å². The molecule has 0 amide bonds. The van der Waals surface area contributed by atoms with Crippen LogP contribution in [0.25, 0.3) is 0 Å². The van der Waals surface area contributed by atoms with E-state index in [2.05, 4.69) is 9.97 Å². The van der Waals surface area contributed by atoms with Crippen LogP contribution in [0.15, 0.2) is 29.9 Å². The normalized spacial score (nSPS) is 6.73. The summed E-state index contributed by atoms with van der Waals surface area (Å²) in [7, 11) is 0. The van der Waals surface area contributed by atoms with Crippen LogP contribution in [0.2, 0.25) is 0 Å². The topological polar surface area (TPSA) is 112 Å². The van der Waals surface area contributed by atoms with E-state index in [9.17, 15) is 4.79 Å². The van der Waals surface area contributed by atoms with E-state index < -0.39 is 5.97 Å². The number of carboxylic acid groups (broad SMARTS) is 1. The van der Waals surface area contributed by atoms with Gasteiger partial charge in [0, 0.05) is 12.4 Å².